The van der Waals surface area contributed by atoms with Crippen molar-refractivity contribution in [3.05, 3.63) is 36.0 Å². The molecule has 5 rings (SSSR count). The Labute approximate surface area is 175 Å². The number of aryl methyl sites for hydroxylation is 3. The molecular weight excluding hydrogens is 378 g/mol. The second kappa shape index (κ2) is 8.01. The van der Waals surface area contributed by atoms with Crippen molar-refractivity contribution in [2.24, 2.45) is 5.92 Å². The van der Waals surface area contributed by atoms with E-state index >= 15 is 0 Å². The number of carbonyl (C=O) groups excluding carboxylic acids is 1. The minimum atomic E-state index is -0.0151. The highest BCUT2D eigenvalue weighted by Gasteiger charge is 2.28. The van der Waals surface area contributed by atoms with Gasteiger partial charge in [0.15, 0.2) is 17.0 Å². The number of nitrogens with zero attached hydrogens (tertiary/aromatic N) is 6. The fourth-order valence-corrected chi connectivity index (χ4v) is 4.55. The normalized spacial score (nSPS) is 17.6. The Morgan fingerprint density at radius 1 is 1.10 bits per heavy atom. The molecule has 8 heteroatoms. The molecule has 1 saturated heterocycles. The average molecular weight is 406 g/mol. The minimum absolute atomic E-state index is 0.0151. The third-order valence-electron chi connectivity index (χ3n) is 6.29. The summed E-state index contributed by atoms with van der Waals surface area (Å²) in [5.74, 6) is 2.72. The lowest BCUT2D eigenvalue weighted by atomic mass is 9.96. The van der Waals surface area contributed by atoms with Crippen molar-refractivity contribution in [3.8, 4) is 0 Å². The molecular formula is C22H27N7O. The number of pyridine rings is 1. The van der Waals surface area contributed by atoms with Crippen molar-refractivity contribution in [2.45, 2.75) is 52.0 Å². The molecule has 0 spiro atoms. The van der Waals surface area contributed by atoms with Crippen molar-refractivity contribution in [2.75, 3.05) is 23.3 Å². The molecule has 1 amide bonds. The van der Waals surface area contributed by atoms with Gasteiger partial charge >= 0.3 is 0 Å². The number of rotatable bonds is 3. The van der Waals surface area contributed by atoms with Gasteiger partial charge in [-0.3, -0.25) is 4.79 Å². The van der Waals surface area contributed by atoms with Crippen LogP contribution in [0.25, 0.3) is 11.2 Å². The van der Waals surface area contributed by atoms with E-state index in [-0.39, 0.29) is 11.8 Å². The third-order valence-corrected chi connectivity index (χ3v) is 6.29. The SMILES string of the molecule is Cc1cccnc1NC(=O)C1CCN(c2ncnc3c2nc2n3CCCCC2)CC1. The first-order valence-corrected chi connectivity index (χ1v) is 10.9. The van der Waals surface area contributed by atoms with Gasteiger partial charge in [-0.2, -0.15) is 0 Å². The van der Waals surface area contributed by atoms with Crippen LogP contribution in [-0.2, 0) is 17.8 Å². The predicted octanol–water partition coefficient (Wildman–Crippen LogP) is 3.11. The molecule has 156 valence electrons. The smallest absolute Gasteiger partial charge is 0.228 e. The summed E-state index contributed by atoms with van der Waals surface area (Å²) >= 11 is 0. The summed E-state index contributed by atoms with van der Waals surface area (Å²) in [5.41, 5.74) is 2.83. The summed E-state index contributed by atoms with van der Waals surface area (Å²) in [4.78, 5) is 33.3. The first-order valence-electron chi connectivity index (χ1n) is 10.9. The second-order valence-corrected chi connectivity index (χ2v) is 8.28. The van der Waals surface area contributed by atoms with E-state index < -0.39 is 0 Å². The molecule has 0 saturated carbocycles. The Kier molecular flexibility index (Phi) is 5.06. The molecule has 1 N–H and O–H groups in total. The minimum Gasteiger partial charge on any atom is -0.355 e. The number of carbonyl (C=O) groups is 1. The van der Waals surface area contributed by atoms with Gasteiger partial charge in [-0.05, 0) is 44.2 Å². The largest absolute Gasteiger partial charge is 0.355 e. The maximum Gasteiger partial charge on any atom is 0.228 e. The maximum absolute atomic E-state index is 12.7. The van der Waals surface area contributed by atoms with Gasteiger partial charge < -0.3 is 14.8 Å². The van der Waals surface area contributed by atoms with Crippen LogP contribution in [0.1, 0.15) is 43.5 Å². The summed E-state index contributed by atoms with van der Waals surface area (Å²) in [7, 11) is 0. The van der Waals surface area contributed by atoms with Gasteiger partial charge in [0, 0.05) is 38.2 Å². The standard InChI is InChI=1S/C22H27N7O/c1-15-6-5-10-23-19(15)27-22(30)16-8-12-28(13-9-16)20-18-21(25-14-24-20)29-11-4-2-3-7-17(29)26-18/h5-6,10,14,16H,2-4,7-9,11-13H2,1H3,(H,23,27,30). The Morgan fingerprint density at radius 3 is 2.80 bits per heavy atom. The zero-order chi connectivity index (χ0) is 20.5. The van der Waals surface area contributed by atoms with E-state index in [2.05, 4.69) is 29.7 Å². The van der Waals surface area contributed by atoms with Crippen molar-refractivity contribution in [3.63, 3.8) is 0 Å². The topological polar surface area (TPSA) is 88.8 Å². The molecule has 0 atom stereocenters. The van der Waals surface area contributed by atoms with Gasteiger partial charge in [-0.25, -0.2) is 19.9 Å². The predicted molar refractivity (Wildman–Crippen MR) is 115 cm³/mol. The molecule has 1 fully saturated rings. The van der Waals surface area contributed by atoms with Crippen LogP contribution in [0.4, 0.5) is 11.6 Å². The summed E-state index contributed by atoms with van der Waals surface area (Å²) in [5, 5.41) is 2.99. The van der Waals surface area contributed by atoms with Gasteiger partial charge in [-0.1, -0.05) is 12.5 Å². The zero-order valence-corrected chi connectivity index (χ0v) is 17.3. The highest BCUT2D eigenvalue weighted by molar-refractivity contribution is 5.92. The van der Waals surface area contributed by atoms with Gasteiger partial charge in [0.05, 0.1) is 0 Å². The molecule has 5 heterocycles. The van der Waals surface area contributed by atoms with Gasteiger partial charge in [0.2, 0.25) is 5.91 Å². The quantitative estimate of drug-likeness (QED) is 0.720. The Bertz CT molecular complexity index is 1070. The van der Waals surface area contributed by atoms with Crippen LogP contribution in [0, 0.1) is 12.8 Å². The maximum atomic E-state index is 12.7. The van der Waals surface area contributed by atoms with E-state index in [0.717, 1.165) is 67.3 Å². The molecule has 2 aliphatic rings. The molecule has 30 heavy (non-hydrogen) atoms. The average Bonchev–Trinajstić information content (AvgIpc) is 2.96. The van der Waals surface area contributed by atoms with E-state index in [9.17, 15) is 4.79 Å². The summed E-state index contributed by atoms with van der Waals surface area (Å²) < 4.78 is 2.27. The first-order chi connectivity index (χ1) is 14.7. The monoisotopic (exact) mass is 405 g/mol. The van der Waals surface area contributed by atoms with E-state index in [1.165, 1.54) is 19.3 Å². The molecule has 3 aromatic heterocycles. The summed E-state index contributed by atoms with van der Waals surface area (Å²) in [6.45, 7) is 4.51. The fourth-order valence-electron chi connectivity index (χ4n) is 4.55. The summed E-state index contributed by atoms with van der Waals surface area (Å²) in [6.07, 6.45) is 9.55. The van der Waals surface area contributed by atoms with Crippen molar-refractivity contribution in [1.29, 1.82) is 0 Å². The fraction of sp³-hybridized carbons (Fsp3) is 0.500. The number of hydrogen-bond donors (Lipinski definition) is 1. The zero-order valence-electron chi connectivity index (χ0n) is 17.3. The first kappa shape index (κ1) is 19.0. The molecule has 0 unspecified atom stereocenters. The van der Waals surface area contributed by atoms with Gasteiger partial charge in [-0.15, -0.1) is 0 Å². The lowest BCUT2D eigenvalue weighted by Gasteiger charge is -2.32. The molecule has 2 aliphatic heterocycles. The third kappa shape index (κ3) is 3.51. The van der Waals surface area contributed by atoms with Crippen LogP contribution >= 0.6 is 0 Å². The number of nitrogens with one attached hydrogen (secondary N) is 1. The van der Waals surface area contributed by atoms with E-state index in [1.807, 2.05) is 19.1 Å². The van der Waals surface area contributed by atoms with Gasteiger partial charge in [0.1, 0.15) is 18.0 Å². The van der Waals surface area contributed by atoms with Crippen LogP contribution < -0.4 is 10.2 Å². The lowest BCUT2D eigenvalue weighted by molar-refractivity contribution is -0.120. The highest BCUT2D eigenvalue weighted by atomic mass is 16.2. The van der Waals surface area contributed by atoms with Crippen LogP contribution in [0.15, 0.2) is 24.7 Å². The van der Waals surface area contributed by atoms with Crippen molar-refractivity contribution >= 4 is 28.7 Å². The molecule has 3 aromatic rings. The number of piperidine rings is 1. The van der Waals surface area contributed by atoms with Crippen LogP contribution in [0.3, 0.4) is 0 Å². The van der Waals surface area contributed by atoms with E-state index in [0.29, 0.717) is 5.82 Å². The van der Waals surface area contributed by atoms with Crippen LogP contribution in [0.2, 0.25) is 0 Å². The number of amides is 1. The number of imidazole rings is 1. The lowest BCUT2D eigenvalue weighted by Crippen LogP contribution is -2.38. The Balaban J connectivity index is 1.30. The van der Waals surface area contributed by atoms with E-state index in [4.69, 9.17) is 4.98 Å². The van der Waals surface area contributed by atoms with Crippen LogP contribution in [-0.4, -0.2) is 43.5 Å². The van der Waals surface area contributed by atoms with Crippen molar-refractivity contribution < 1.29 is 4.79 Å². The van der Waals surface area contributed by atoms with Gasteiger partial charge in [0.25, 0.3) is 0 Å². The van der Waals surface area contributed by atoms with Crippen molar-refractivity contribution in [1.82, 2.24) is 24.5 Å². The summed E-state index contributed by atoms with van der Waals surface area (Å²) in [6, 6.07) is 3.83. The number of fused-ring (bicyclic) bond motifs is 3. The Morgan fingerprint density at radius 2 is 1.97 bits per heavy atom. The number of hydrogen-bond acceptors (Lipinski definition) is 6. The van der Waals surface area contributed by atoms with E-state index in [1.54, 1.807) is 12.5 Å². The Hall–Kier alpha value is -3.03. The van der Waals surface area contributed by atoms with Crippen LogP contribution in [0.5, 0.6) is 0 Å². The molecule has 0 aromatic carbocycles. The number of anilines is 2. The second-order valence-electron chi connectivity index (χ2n) is 8.28. The molecule has 0 radical (unpaired) electrons. The number of aromatic nitrogens is 5. The molecule has 8 nitrogen and oxygen atoms in total. The highest BCUT2D eigenvalue weighted by Crippen LogP contribution is 2.29. The molecule has 0 bridgehead atoms. The molecule has 0 aliphatic carbocycles.